The summed E-state index contributed by atoms with van der Waals surface area (Å²) in [6.45, 7) is 6.23. The molecule has 2 amide bonds. The van der Waals surface area contributed by atoms with Crippen LogP contribution >= 0.6 is 0 Å². The van der Waals surface area contributed by atoms with Gasteiger partial charge in [0.25, 0.3) is 11.8 Å². The van der Waals surface area contributed by atoms with Crippen LogP contribution in [0.5, 0.6) is 5.75 Å². The molecule has 1 saturated heterocycles. The third kappa shape index (κ3) is 7.34. The van der Waals surface area contributed by atoms with E-state index < -0.39 is 12.1 Å². The van der Waals surface area contributed by atoms with Gasteiger partial charge >= 0.3 is 5.97 Å². The van der Waals surface area contributed by atoms with Gasteiger partial charge in [-0.2, -0.15) is 0 Å². The van der Waals surface area contributed by atoms with Gasteiger partial charge in [-0.15, -0.1) is 0 Å². The maximum Gasteiger partial charge on any atom is 0.338 e. The molecule has 0 spiro atoms. The second kappa shape index (κ2) is 12.6. The highest BCUT2D eigenvalue weighted by Gasteiger charge is 2.29. The molecule has 1 aromatic rings. The fourth-order valence-electron chi connectivity index (χ4n) is 4.72. The quantitative estimate of drug-likeness (QED) is 0.427. The summed E-state index contributed by atoms with van der Waals surface area (Å²) in [6.07, 6.45) is 10.1. The molecule has 3 atom stereocenters. The molecule has 3 rings (SSSR count). The van der Waals surface area contributed by atoms with Crippen molar-refractivity contribution in [1.29, 1.82) is 0 Å². The summed E-state index contributed by atoms with van der Waals surface area (Å²) in [5.41, 5.74) is 1.71. The van der Waals surface area contributed by atoms with Crippen LogP contribution in [0.1, 0.15) is 82.5 Å². The maximum absolute atomic E-state index is 12.6. The number of piperidine rings is 1. The molecule has 2 aliphatic rings. The Bertz CT molecular complexity index is 870. The second-order valence-corrected chi connectivity index (χ2v) is 9.44. The number of amides is 2. The van der Waals surface area contributed by atoms with Crippen molar-refractivity contribution >= 4 is 17.8 Å². The number of allylic oxidation sites excluding steroid dienone is 1. The van der Waals surface area contributed by atoms with E-state index in [0.717, 1.165) is 38.5 Å². The summed E-state index contributed by atoms with van der Waals surface area (Å²) in [6, 6.07) is 6.87. The molecule has 1 N–H and O–H groups in total. The number of nitrogens with zero attached hydrogens (tertiary/aromatic N) is 1. The molecule has 0 unspecified atom stereocenters. The normalized spacial score (nSPS) is 21.3. The van der Waals surface area contributed by atoms with Gasteiger partial charge in [0.15, 0.2) is 12.7 Å². The standard InChI is InChI=1S/C27H38N2O5/c1-19-8-7-9-20(2)29(19)25(30)18-33-24-14-12-23(13-15-24)27(32)34-21(3)26(31)28-17-16-22-10-5-4-6-11-22/h10,12-15,19-21H,4-9,11,16-18H2,1-3H3,(H,28,31)/t19-,20+,21-/m0/s1. The van der Waals surface area contributed by atoms with E-state index in [1.165, 1.54) is 18.4 Å². The zero-order valence-corrected chi connectivity index (χ0v) is 20.7. The van der Waals surface area contributed by atoms with Crippen LogP contribution < -0.4 is 10.1 Å². The molecule has 1 aliphatic carbocycles. The Balaban J connectivity index is 1.41. The lowest BCUT2D eigenvalue weighted by atomic mass is 9.97. The van der Waals surface area contributed by atoms with E-state index in [-0.39, 0.29) is 30.5 Å². The van der Waals surface area contributed by atoms with E-state index in [1.54, 1.807) is 31.2 Å². The molecule has 1 aromatic carbocycles. The number of esters is 1. The molecule has 7 nitrogen and oxygen atoms in total. The van der Waals surface area contributed by atoms with Crippen LogP contribution in [0.4, 0.5) is 0 Å². The first-order chi connectivity index (χ1) is 16.3. The molecule has 1 fully saturated rings. The molecule has 0 aromatic heterocycles. The smallest absolute Gasteiger partial charge is 0.338 e. The number of carbonyl (C=O) groups is 3. The Kier molecular flexibility index (Phi) is 9.54. The molecule has 0 radical (unpaired) electrons. The summed E-state index contributed by atoms with van der Waals surface area (Å²) in [4.78, 5) is 39.2. The fraction of sp³-hybridized carbons (Fsp3) is 0.593. The van der Waals surface area contributed by atoms with Crippen LogP contribution in [0.3, 0.4) is 0 Å². The van der Waals surface area contributed by atoms with E-state index in [2.05, 4.69) is 25.2 Å². The lowest BCUT2D eigenvalue weighted by molar-refractivity contribution is -0.139. The lowest BCUT2D eigenvalue weighted by Crippen LogP contribution is -2.49. The first-order valence-electron chi connectivity index (χ1n) is 12.6. The van der Waals surface area contributed by atoms with Crippen LogP contribution in [0.15, 0.2) is 35.9 Å². The van der Waals surface area contributed by atoms with Crippen molar-refractivity contribution in [1.82, 2.24) is 10.2 Å². The lowest BCUT2D eigenvalue weighted by Gasteiger charge is -2.38. The number of nitrogens with one attached hydrogen (secondary N) is 1. The van der Waals surface area contributed by atoms with Gasteiger partial charge in [0.2, 0.25) is 0 Å². The molecule has 0 bridgehead atoms. The van der Waals surface area contributed by atoms with Gasteiger partial charge < -0.3 is 19.7 Å². The number of hydrogen-bond donors (Lipinski definition) is 1. The SMILES string of the molecule is C[C@H](OC(=O)c1ccc(OCC(=O)N2[C@H](C)CCC[C@@H]2C)cc1)C(=O)NCCC1=CCCCC1. The maximum atomic E-state index is 12.6. The van der Waals surface area contributed by atoms with Crippen LogP contribution in [0, 0.1) is 0 Å². The third-order valence-corrected chi connectivity index (χ3v) is 6.72. The van der Waals surface area contributed by atoms with Gasteiger partial charge in [-0.05, 0) is 96.4 Å². The summed E-state index contributed by atoms with van der Waals surface area (Å²) in [7, 11) is 0. The number of carbonyl (C=O) groups excluding carboxylic acids is 3. The van der Waals surface area contributed by atoms with Crippen molar-refractivity contribution in [2.75, 3.05) is 13.2 Å². The highest BCUT2D eigenvalue weighted by atomic mass is 16.5. The molecular weight excluding hydrogens is 432 g/mol. The molecular formula is C27H38N2O5. The number of hydrogen-bond acceptors (Lipinski definition) is 5. The van der Waals surface area contributed by atoms with Crippen molar-refractivity contribution in [3.63, 3.8) is 0 Å². The van der Waals surface area contributed by atoms with Gasteiger partial charge in [-0.3, -0.25) is 9.59 Å². The average Bonchev–Trinajstić information content (AvgIpc) is 2.83. The minimum Gasteiger partial charge on any atom is -0.484 e. The van der Waals surface area contributed by atoms with E-state index >= 15 is 0 Å². The predicted octanol–water partition coefficient (Wildman–Crippen LogP) is 4.41. The summed E-state index contributed by atoms with van der Waals surface area (Å²) < 4.78 is 11.0. The van der Waals surface area contributed by atoms with E-state index in [4.69, 9.17) is 9.47 Å². The van der Waals surface area contributed by atoms with Gasteiger partial charge in [0, 0.05) is 18.6 Å². The van der Waals surface area contributed by atoms with Gasteiger partial charge in [-0.25, -0.2) is 4.79 Å². The summed E-state index contributed by atoms with van der Waals surface area (Å²) >= 11 is 0. The Morgan fingerprint density at radius 2 is 1.76 bits per heavy atom. The van der Waals surface area contributed by atoms with E-state index in [0.29, 0.717) is 17.9 Å². The van der Waals surface area contributed by atoms with Crippen LogP contribution in [-0.2, 0) is 14.3 Å². The molecule has 34 heavy (non-hydrogen) atoms. The van der Waals surface area contributed by atoms with Crippen LogP contribution in [0.25, 0.3) is 0 Å². The van der Waals surface area contributed by atoms with Gasteiger partial charge in [-0.1, -0.05) is 11.6 Å². The molecule has 1 aliphatic heterocycles. The molecule has 0 saturated carbocycles. The molecule has 7 heteroatoms. The topological polar surface area (TPSA) is 84.9 Å². The monoisotopic (exact) mass is 470 g/mol. The first-order valence-corrected chi connectivity index (χ1v) is 12.6. The number of ether oxygens (including phenoxy) is 2. The fourth-order valence-corrected chi connectivity index (χ4v) is 4.72. The Morgan fingerprint density at radius 1 is 1.06 bits per heavy atom. The Morgan fingerprint density at radius 3 is 2.41 bits per heavy atom. The van der Waals surface area contributed by atoms with Crippen molar-refractivity contribution in [3.05, 3.63) is 41.5 Å². The van der Waals surface area contributed by atoms with Gasteiger partial charge in [0.1, 0.15) is 5.75 Å². The zero-order valence-electron chi connectivity index (χ0n) is 20.7. The van der Waals surface area contributed by atoms with E-state index in [9.17, 15) is 14.4 Å². The van der Waals surface area contributed by atoms with Crippen molar-refractivity contribution in [2.24, 2.45) is 0 Å². The van der Waals surface area contributed by atoms with Crippen molar-refractivity contribution < 1.29 is 23.9 Å². The van der Waals surface area contributed by atoms with Gasteiger partial charge in [0.05, 0.1) is 5.56 Å². The molecule has 1 heterocycles. The number of benzene rings is 1. The number of rotatable bonds is 9. The molecule has 186 valence electrons. The minimum absolute atomic E-state index is 0.0252. The zero-order chi connectivity index (χ0) is 24.5. The second-order valence-electron chi connectivity index (χ2n) is 9.44. The summed E-state index contributed by atoms with van der Waals surface area (Å²) in [5.74, 6) is -0.395. The van der Waals surface area contributed by atoms with Crippen molar-refractivity contribution in [2.45, 2.75) is 90.3 Å². The van der Waals surface area contributed by atoms with E-state index in [1.807, 2.05) is 4.90 Å². The predicted molar refractivity (Wildman–Crippen MR) is 131 cm³/mol. The van der Waals surface area contributed by atoms with Crippen LogP contribution in [0.2, 0.25) is 0 Å². The average molecular weight is 471 g/mol. The minimum atomic E-state index is -0.880. The number of likely N-dealkylation sites (tertiary alicyclic amines) is 1. The summed E-state index contributed by atoms with van der Waals surface area (Å²) in [5, 5.41) is 2.84. The Labute approximate surface area is 202 Å². The Hall–Kier alpha value is -2.83. The third-order valence-electron chi connectivity index (χ3n) is 6.72. The highest BCUT2D eigenvalue weighted by molar-refractivity contribution is 5.92. The van der Waals surface area contributed by atoms with Crippen LogP contribution in [-0.4, -0.2) is 54.0 Å². The highest BCUT2D eigenvalue weighted by Crippen LogP contribution is 2.23. The largest absolute Gasteiger partial charge is 0.484 e. The van der Waals surface area contributed by atoms with Crippen molar-refractivity contribution in [3.8, 4) is 5.75 Å². The first kappa shape index (κ1) is 25.8.